The van der Waals surface area contributed by atoms with Crippen LogP contribution in [0.25, 0.3) is 10.2 Å². The summed E-state index contributed by atoms with van der Waals surface area (Å²) in [5, 5.41) is 6.64. The molecule has 1 aliphatic rings. The molecule has 1 atom stereocenters. The molecule has 130 valence electrons. The molecule has 0 spiro atoms. The van der Waals surface area contributed by atoms with Crippen LogP contribution in [0.3, 0.4) is 0 Å². The van der Waals surface area contributed by atoms with Crippen LogP contribution in [0.4, 0.5) is 11.5 Å². The van der Waals surface area contributed by atoms with E-state index in [1.165, 1.54) is 0 Å². The summed E-state index contributed by atoms with van der Waals surface area (Å²) < 4.78 is 18.0. The maximum Gasteiger partial charge on any atom is 0.142 e. The van der Waals surface area contributed by atoms with E-state index in [0.29, 0.717) is 5.75 Å². The van der Waals surface area contributed by atoms with Gasteiger partial charge in [0, 0.05) is 40.7 Å². The second kappa shape index (κ2) is 7.59. The van der Waals surface area contributed by atoms with Crippen molar-refractivity contribution in [3.05, 3.63) is 47.6 Å². The molecule has 3 heterocycles. The van der Waals surface area contributed by atoms with E-state index >= 15 is 0 Å². The third kappa shape index (κ3) is 3.89. The van der Waals surface area contributed by atoms with Gasteiger partial charge in [-0.05, 0) is 42.0 Å². The molecule has 0 aliphatic carbocycles. The number of aromatic nitrogens is 2. The molecule has 4 rings (SSSR count). The van der Waals surface area contributed by atoms with Crippen LogP contribution in [-0.2, 0) is 21.3 Å². The van der Waals surface area contributed by atoms with Crippen molar-refractivity contribution in [2.24, 2.45) is 0 Å². The summed E-state index contributed by atoms with van der Waals surface area (Å²) in [6.45, 7) is 1.45. The van der Waals surface area contributed by atoms with E-state index in [0.717, 1.165) is 53.3 Å². The number of fused-ring (bicyclic) bond motifs is 1. The van der Waals surface area contributed by atoms with Gasteiger partial charge in [0.25, 0.3) is 0 Å². The lowest BCUT2D eigenvalue weighted by Gasteiger charge is -2.21. The molecule has 1 aliphatic heterocycles. The Morgan fingerprint density at radius 1 is 1.24 bits per heavy atom. The van der Waals surface area contributed by atoms with Crippen LogP contribution in [-0.4, -0.2) is 32.6 Å². The predicted octanol–water partition coefficient (Wildman–Crippen LogP) is 3.86. The van der Waals surface area contributed by atoms with Gasteiger partial charge in [-0.3, -0.25) is 4.21 Å². The standard InChI is InChI=1S/C18H19N3O2S2/c22-25(15-4-7-23-8-5-15)11-13-2-1-3-14(10-13)21-17-16-6-9-24-18(16)20-12-19-17/h1-3,6,9-10,12,15H,4-5,7-8,11H2,(H,19,20,21). The smallest absolute Gasteiger partial charge is 0.142 e. The fourth-order valence-electron chi connectivity index (χ4n) is 2.99. The summed E-state index contributed by atoms with van der Waals surface area (Å²) >= 11 is 1.60. The van der Waals surface area contributed by atoms with Gasteiger partial charge in [0.05, 0.1) is 5.39 Å². The van der Waals surface area contributed by atoms with Crippen LogP contribution in [0.1, 0.15) is 18.4 Å². The van der Waals surface area contributed by atoms with Crippen molar-refractivity contribution in [1.82, 2.24) is 9.97 Å². The van der Waals surface area contributed by atoms with Crippen LogP contribution in [0.15, 0.2) is 42.0 Å². The second-order valence-corrected chi connectivity index (χ2v) is 8.64. The molecule has 0 saturated carbocycles. The third-order valence-corrected chi connectivity index (χ3v) is 6.95. The molecule has 1 fully saturated rings. The molecule has 1 unspecified atom stereocenters. The molecule has 5 nitrogen and oxygen atoms in total. The molecule has 0 bridgehead atoms. The molecule has 1 saturated heterocycles. The van der Waals surface area contributed by atoms with E-state index in [9.17, 15) is 4.21 Å². The number of thiophene rings is 1. The predicted molar refractivity (Wildman–Crippen MR) is 103 cm³/mol. The number of benzene rings is 1. The summed E-state index contributed by atoms with van der Waals surface area (Å²) in [5.74, 6) is 1.38. The van der Waals surface area contributed by atoms with Crippen LogP contribution >= 0.6 is 11.3 Å². The molecule has 0 amide bonds. The lowest BCUT2D eigenvalue weighted by Crippen LogP contribution is -2.25. The molecule has 25 heavy (non-hydrogen) atoms. The van der Waals surface area contributed by atoms with Crippen LogP contribution in [0.2, 0.25) is 0 Å². The van der Waals surface area contributed by atoms with Gasteiger partial charge in [-0.25, -0.2) is 9.97 Å². The van der Waals surface area contributed by atoms with Gasteiger partial charge in [-0.15, -0.1) is 11.3 Å². The Labute approximate surface area is 152 Å². The minimum atomic E-state index is -0.860. The Morgan fingerprint density at radius 2 is 2.12 bits per heavy atom. The number of hydrogen-bond donors (Lipinski definition) is 1. The molecule has 1 N–H and O–H groups in total. The maximum absolute atomic E-state index is 12.6. The van der Waals surface area contributed by atoms with Crippen molar-refractivity contribution in [2.45, 2.75) is 23.8 Å². The van der Waals surface area contributed by atoms with Crippen molar-refractivity contribution in [3.63, 3.8) is 0 Å². The van der Waals surface area contributed by atoms with Crippen LogP contribution < -0.4 is 5.32 Å². The van der Waals surface area contributed by atoms with Gasteiger partial charge >= 0.3 is 0 Å². The zero-order valence-corrected chi connectivity index (χ0v) is 15.3. The summed E-state index contributed by atoms with van der Waals surface area (Å²) in [7, 11) is -0.860. The summed E-state index contributed by atoms with van der Waals surface area (Å²) in [6, 6.07) is 10.1. The molecule has 7 heteroatoms. The number of rotatable bonds is 5. The minimum Gasteiger partial charge on any atom is -0.381 e. The largest absolute Gasteiger partial charge is 0.381 e. The first-order valence-corrected chi connectivity index (χ1v) is 10.5. The molecule has 3 aromatic rings. The monoisotopic (exact) mass is 373 g/mol. The van der Waals surface area contributed by atoms with E-state index in [4.69, 9.17) is 4.74 Å². The van der Waals surface area contributed by atoms with Crippen molar-refractivity contribution in [3.8, 4) is 0 Å². The molecule has 2 aromatic heterocycles. The zero-order valence-electron chi connectivity index (χ0n) is 13.7. The summed E-state index contributed by atoms with van der Waals surface area (Å²) in [4.78, 5) is 9.59. The highest BCUT2D eigenvalue weighted by Crippen LogP contribution is 2.27. The summed E-state index contributed by atoms with van der Waals surface area (Å²) in [6.07, 6.45) is 3.36. The van der Waals surface area contributed by atoms with Crippen molar-refractivity contribution in [1.29, 1.82) is 0 Å². The average molecular weight is 374 g/mol. The number of hydrogen-bond acceptors (Lipinski definition) is 6. The lowest BCUT2D eigenvalue weighted by atomic mass is 10.2. The average Bonchev–Trinajstić information content (AvgIpc) is 3.13. The second-order valence-electron chi connectivity index (χ2n) is 6.02. The minimum absolute atomic E-state index is 0.248. The Bertz CT molecular complexity index is 891. The van der Waals surface area contributed by atoms with Crippen molar-refractivity contribution in [2.75, 3.05) is 18.5 Å². The SMILES string of the molecule is O=S(Cc1cccc(Nc2ncnc3sccc23)c1)C1CCOCC1. The van der Waals surface area contributed by atoms with Gasteiger partial charge in [-0.1, -0.05) is 12.1 Å². The number of ether oxygens (including phenoxy) is 1. The zero-order chi connectivity index (χ0) is 17.1. The Hall–Kier alpha value is -1.83. The fraction of sp³-hybridized carbons (Fsp3) is 0.333. The summed E-state index contributed by atoms with van der Waals surface area (Å²) in [5.41, 5.74) is 2.03. The normalized spacial score (nSPS) is 16.8. The third-order valence-electron chi connectivity index (χ3n) is 4.30. The van der Waals surface area contributed by atoms with Gasteiger partial charge in [0.1, 0.15) is 17.0 Å². The van der Waals surface area contributed by atoms with Crippen molar-refractivity contribution >= 4 is 43.9 Å². The highest BCUT2D eigenvalue weighted by molar-refractivity contribution is 7.84. The Balaban J connectivity index is 1.49. The fourth-order valence-corrected chi connectivity index (χ4v) is 5.18. The topological polar surface area (TPSA) is 64.1 Å². The van der Waals surface area contributed by atoms with E-state index in [1.807, 2.05) is 29.6 Å². The van der Waals surface area contributed by atoms with Crippen LogP contribution in [0.5, 0.6) is 0 Å². The Morgan fingerprint density at radius 3 is 3.00 bits per heavy atom. The number of nitrogens with zero attached hydrogens (tertiary/aromatic N) is 2. The molecule has 1 aromatic carbocycles. The maximum atomic E-state index is 12.6. The lowest BCUT2D eigenvalue weighted by molar-refractivity contribution is 0.0992. The van der Waals surface area contributed by atoms with Crippen molar-refractivity contribution < 1.29 is 8.95 Å². The molecule has 0 radical (unpaired) electrons. The first kappa shape index (κ1) is 16.6. The quantitative estimate of drug-likeness (QED) is 0.736. The first-order chi connectivity index (χ1) is 12.3. The molecular formula is C18H19N3O2S2. The van der Waals surface area contributed by atoms with E-state index in [2.05, 4.69) is 21.4 Å². The number of nitrogens with one attached hydrogen (secondary N) is 1. The van der Waals surface area contributed by atoms with Gasteiger partial charge in [0.2, 0.25) is 0 Å². The van der Waals surface area contributed by atoms with Gasteiger partial charge in [0.15, 0.2) is 0 Å². The van der Waals surface area contributed by atoms with E-state index in [-0.39, 0.29) is 5.25 Å². The highest BCUT2D eigenvalue weighted by atomic mass is 32.2. The highest BCUT2D eigenvalue weighted by Gasteiger charge is 2.20. The van der Waals surface area contributed by atoms with Gasteiger partial charge in [-0.2, -0.15) is 0 Å². The Kier molecular flexibility index (Phi) is 5.05. The van der Waals surface area contributed by atoms with E-state index < -0.39 is 10.8 Å². The number of anilines is 2. The van der Waals surface area contributed by atoms with E-state index in [1.54, 1.807) is 17.7 Å². The van der Waals surface area contributed by atoms with Gasteiger partial charge < -0.3 is 10.1 Å². The van der Waals surface area contributed by atoms with Crippen LogP contribution in [0, 0.1) is 0 Å². The first-order valence-electron chi connectivity index (χ1n) is 8.29. The molecular weight excluding hydrogens is 354 g/mol.